The van der Waals surface area contributed by atoms with E-state index in [0.717, 1.165) is 34.4 Å². The molecule has 35 heavy (non-hydrogen) atoms. The predicted molar refractivity (Wildman–Crippen MR) is 139 cm³/mol. The van der Waals surface area contributed by atoms with Crippen molar-refractivity contribution in [1.29, 1.82) is 0 Å². The van der Waals surface area contributed by atoms with Crippen LogP contribution in [0.5, 0.6) is 5.88 Å². The van der Waals surface area contributed by atoms with Gasteiger partial charge >= 0.3 is 0 Å². The number of nitrogens with zero attached hydrogens (tertiary/aromatic N) is 4. The predicted octanol–water partition coefficient (Wildman–Crippen LogP) is 4.61. The Bertz CT molecular complexity index is 1180. The monoisotopic (exact) mass is 477 g/mol. The molecular weight excluding hydrogens is 438 g/mol. The van der Waals surface area contributed by atoms with Crippen LogP contribution in [0.3, 0.4) is 0 Å². The van der Waals surface area contributed by atoms with E-state index >= 15 is 0 Å². The summed E-state index contributed by atoms with van der Waals surface area (Å²) in [5.41, 5.74) is 6.41. The van der Waals surface area contributed by atoms with E-state index in [4.69, 9.17) is 9.72 Å². The van der Waals surface area contributed by atoms with Gasteiger partial charge in [-0.25, -0.2) is 9.67 Å². The number of aryl methyl sites for hydroxylation is 3. The number of nitrogens with one attached hydrogen (secondary N) is 1. The maximum Gasteiger partial charge on any atom is 0.242 e. The lowest BCUT2D eigenvalue weighted by molar-refractivity contribution is -0.121. The molecule has 3 aromatic rings. The normalized spacial score (nSPS) is 14.6. The van der Waals surface area contributed by atoms with E-state index in [1.54, 1.807) is 11.8 Å². The van der Waals surface area contributed by atoms with Crippen LogP contribution < -0.4 is 10.1 Å². The maximum absolute atomic E-state index is 12.8. The SMILES string of the molecule is COc1nn(C)c2nc(C)c(CCC(=O)NCc3ccccc3CN(C)C3CCCCC3)c(C)c12. The number of aromatic nitrogens is 3. The van der Waals surface area contributed by atoms with E-state index in [1.165, 1.54) is 43.2 Å². The highest BCUT2D eigenvalue weighted by molar-refractivity contribution is 5.86. The Morgan fingerprint density at radius 2 is 1.89 bits per heavy atom. The third-order valence-electron chi connectivity index (χ3n) is 7.53. The quantitative estimate of drug-likeness (QED) is 0.487. The summed E-state index contributed by atoms with van der Waals surface area (Å²) in [7, 11) is 5.73. The second-order valence-electron chi connectivity index (χ2n) is 9.88. The van der Waals surface area contributed by atoms with Crippen LogP contribution in [-0.2, 0) is 31.4 Å². The van der Waals surface area contributed by atoms with Gasteiger partial charge in [-0.15, -0.1) is 5.10 Å². The molecule has 0 spiro atoms. The average molecular weight is 478 g/mol. The van der Waals surface area contributed by atoms with E-state index in [0.29, 0.717) is 31.3 Å². The van der Waals surface area contributed by atoms with Gasteiger partial charge in [-0.3, -0.25) is 9.69 Å². The lowest BCUT2D eigenvalue weighted by atomic mass is 9.94. The number of fused-ring (bicyclic) bond motifs is 1. The number of methoxy groups -OCH3 is 1. The Labute approximate surface area is 208 Å². The Hall–Kier alpha value is -2.93. The van der Waals surface area contributed by atoms with Gasteiger partial charge < -0.3 is 10.1 Å². The van der Waals surface area contributed by atoms with E-state index in [9.17, 15) is 4.79 Å². The van der Waals surface area contributed by atoms with Gasteiger partial charge in [0.2, 0.25) is 11.8 Å². The van der Waals surface area contributed by atoms with Gasteiger partial charge in [0, 0.05) is 38.3 Å². The van der Waals surface area contributed by atoms with Gasteiger partial charge in [-0.05, 0) is 62.4 Å². The molecule has 188 valence electrons. The van der Waals surface area contributed by atoms with Crippen LogP contribution >= 0.6 is 0 Å². The zero-order chi connectivity index (χ0) is 24.9. The number of hydrogen-bond acceptors (Lipinski definition) is 5. The first kappa shape index (κ1) is 25.2. The molecule has 1 saturated carbocycles. The van der Waals surface area contributed by atoms with Crippen molar-refractivity contribution in [3.63, 3.8) is 0 Å². The Morgan fingerprint density at radius 3 is 2.60 bits per heavy atom. The number of pyridine rings is 1. The summed E-state index contributed by atoms with van der Waals surface area (Å²) < 4.78 is 7.20. The van der Waals surface area contributed by atoms with Gasteiger partial charge in [0.15, 0.2) is 5.65 Å². The molecule has 0 aliphatic heterocycles. The van der Waals surface area contributed by atoms with Crippen LogP contribution in [0.2, 0.25) is 0 Å². The fraction of sp³-hybridized carbons (Fsp3) is 0.536. The molecular formula is C28H39N5O2. The van der Waals surface area contributed by atoms with Crippen LogP contribution in [0.25, 0.3) is 11.0 Å². The summed E-state index contributed by atoms with van der Waals surface area (Å²) in [5.74, 6) is 0.630. The van der Waals surface area contributed by atoms with Crippen molar-refractivity contribution >= 4 is 16.9 Å². The summed E-state index contributed by atoms with van der Waals surface area (Å²) in [4.78, 5) is 20.0. The molecule has 2 aromatic heterocycles. The fourth-order valence-electron chi connectivity index (χ4n) is 5.43. The van der Waals surface area contributed by atoms with Gasteiger partial charge in [0.25, 0.3) is 0 Å². The smallest absolute Gasteiger partial charge is 0.242 e. The minimum atomic E-state index is 0.0532. The van der Waals surface area contributed by atoms with E-state index in [1.807, 2.05) is 14.0 Å². The number of amides is 1. The van der Waals surface area contributed by atoms with Crippen LogP contribution in [-0.4, -0.2) is 45.8 Å². The molecule has 1 amide bonds. The average Bonchev–Trinajstić information content (AvgIpc) is 3.19. The summed E-state index contributed by atoms with van der Waals surface area (Å²) in [6.45, 7) is 5.54. The van der Waals surface area contributed by atoms with E-state index < -0.39 is 0 Å². The van der Waals surface area contributed by atoms with Gasteiger partial charge in [-0.1, -0.05) is 43.5 Å². The number of rotatable bonds is 9. The van der Waals surface area contributed by atoms with E-state index in [2.05, 4.69) is 53.6 Å². The topological polar surface area (TPSA) is 72.3 Å². The molecule has 0 atom stereocenters. The molecule has 0 unspecified atom stereocenters. The number of carbonyl (C=O) groups excluding carboxylic acids is 1. The first-order valence-electron chi connectivity index (χ1n) is 12.8. The zero-order valence-electron chi connectivity index (χ0n) is 21.9. The Kier molecular flexibility index (Phi) is 8.06. The number of carbonyl (C=O) groups is 1. The molecule has 1 fully saturated rings. The van der Waals surface area contributed by atoms with Crippen LogP contribution in [0.1, 0.15) is 66.5 Å². The molecule has 7 heteroatoms. The minimum absolute atomic E-state index is 0.0532. The third-order valence-corrected chi connectivity index (χ3v) is 7.53. The van der Waals surface area contributed by atoms with Crippen molar-refractivity contribution in [3.8, 4) is 5.88 Å². The van der Waals surface area contributed by atoms with Crippen LogP contribution in [0, 0.1) is 13.8 Å². The largest absolute Gasteiger partial charge is 0.479 e. The highest BCUT2D eigenvalue weighted by Gasteiger charge is 2.20. The zero-order valence-corrected chi connectivity index (χ0v) is 21.9. The van der Waals surface area contributed by atoms with Crippen molar-refractivity contribution in [2.75, 3.05) is 14.2 Å². The summed E-state index contributed by atoms with van der Waals surface area (Å²) in [5, 5.41) is 8.49. The molecule has 1 aromatic carbocycles. The second kappa shape index (κ2) is 11.2. The van der Waals surface area contributed by atoms with Crippen molar-refractivity contribution in [2.45, 2.75) is 77.9 Å². The fourth-order valence-corrected chi connectivity index (χ4v) is 5.43. The number of benzene rings is 1. The van der Waals surface area contributed by atoms with Gasteiger partial charge in [0.1, 0.15) is 0 Å². The standard InChI is InChI=1S/C28H39N5O2/c1-19-24(20(2)30-27-26(19)28(35-5)31-33(27)4)15-16-25(34)29-17-21-11-9-10-12-22(21)18-32(3)23-13-7-6-8-14-23/h9-12,23H,6-8,13-18H2,1-5H3,(H,29,34). The molecule has 0 radical (unpaired) electrons. The van der Waals surface area contributed by atoms with Gasteiger partial charge in [-0.2, -0.15) is 0 Å². The molecule has 0 bridgehead atoms. The van der Waals surface area contributed by atoms with Crippen molar-refractivity contribution in [3.05, 3.63) is 52.2 Å². The van der Waals surface area contributed by atoms with Crippen molar-refractivity contribution < 1.29 is 9.53 Å². The molecule has 0 saturated heterocycles. The first-order valence-corrected chi connectivity index (χ1v) is 12.8. The minimum Gasteiger partial charge on any atom is -0.479 e. The molecule has 1 aliphatic rings. The molecule has 2 heterocycles. The van der Waals surface area contributed by atoms with Crippen molar-refractivity contribution in [2.24, 2.45) is 7.05 Å². The highest BCUT2D eigenvalue weighted by atomic mass is 16.5. The van der Waals surface area contributed by atoms with Gasteiger partial charge in [0.05, 0.1) is 12.5 Å². The van der Waals surface area contributed by atoms with E-state index in [-0.39, 0.29) is 5.91 Å². The summed E-state index contributed by atoms with van der Waals surface area (Å²) in [6, 6.07) is 9.14. The Morgan fingerprint density at radius 1 is 1.17 bits per heavy atom. The second-order valence-corrected chi connectivity index (χ2v) is 9.88. The summed E-state index contributed by atoms with van der Waals surface area (Å²) >= 11 is 0. The highest BCUT2D eigenvalue weighted by Crippen LogP contribution is 2.30. The first-order chi connectivity index (χ1) is 16.9. The lowest BCUT2D eigenvalue weighted by Gasteiger charge is -2.31. The summed E-state index contributed by atoms with van der Waals surface area (Å²) in [6.07, 6.45) is 7.67. The molecule has 1 aliphatic carbocycles. The number of hydrogen-bond donors (Lipinski definition) is 1. The molecule has 7 nitrogen and oxygen atoms in total. The molecule has 4 rings (SSSR count). The van der Waals surface area contributed by atoms with Crippen LogP contribution in [0.4, 0.5) is 0 Å². The van der Waals surface area contributed by atoms with Crippen LogP contribution in [0.15, 0.2) is 24.3 Å². The lowest BCUT2D eigenvalue weighted by Crippen LogP contribution is -2.33. The third kappa shape index (κ3) is 5.67. The number of ether oxygens (including phenoxy) is 1. The maximum atomic E-state index is 12.8. The molecule has 1 N–H and O–H groups in total. The van der Waals surface area contributed by atoms with Crippen molar-refractivity contribution in [1.82, 2.24) is 25.0 Å². The Balaban J connectivity index is 1.38.